The lowest BCUT2D eigenvalue weighted by atomic mass is 10.1. The fourth-order valence-electron chi connectivity index (χ4n) is 1.42. The summed E-state index contributed by atoms with van der Waals surface area (Å²) in [6.07, 6.45) is 1.56. The van der Waals surface area contributed by atoms with Crippen LogP contribution in [0.5, 0.6) is 5.75 Å². The second kappa shape index (κ2) is 6.00. The number of phenolic OH excluding ortho intramolecular Hbond substituents is 1. The molecule has 17 heavy (non-hydrogen) atoms. The molecule has 1 rings (SSSR count). The third-order valence-corrected chi connectivity index (χ3v) is 2.14. The van der Waals surface area contributed by atoms with Crippen molar-refractivity contribution in [1.29, 1.82) is 0 Å². The van der Waals surface area contributed by atoms with Crippen LogP contribution in [0.4, 0.5) is 4.39 Å². The van der Waals surface area contributed by atoms with Gasteiger partial charge in [0.25, 0.3) is 0 Å². The van der Waals surface area contributed by atoms with Crippen molar-refractivity contribution in [1.82, 2.24) is 5.32 Å². The molecule has 0 bridgehead atoms. The minimum Gasteiger partial charge on any atom is -0.508 e. The molecule has 92 valence electrons. The minimum absolute atomic E-state index is 0.241. The summed E-state index contributed by atoms with van der Waals surface area (Å²) in [6.45, 7) is 3.87. The second-order valence-corrected chi connectivity index (χ2v) is 3.40. The number of hydrogen-bond donors (Lipinski definition) is 2. The first-order chi connectivity index (χ1) is 8.08. The van der Waals surface area contributed by atoms with Gasteiger partial charge in [0, 0.05) is 12.6 Å². The van der Waals surface area contributed by atoms with Crippen LogP contribution in [-0.4, -0.2) is 24.7 Å². The summed E-state index contributed by atoms with van der Waals surface area (Å²) in [6, 6.07) is 2.60. The summed E-state index contributed by atoms with van der Waals surface area (Å²) in [7, 11) is 1.24. The molecule has 0 saturated carbocycles. The van der Waals surface area contributed by atoms with E-state index < -0.39 is 17.8 Å². The highest BCUT2D eigenvalue weighted by atomic mass is 19.1. The molecule has 5 heteroatoms. The lowest BCUT2D eigenvalue weighted by molar-refractivity contribution is -0.143. The van der Waals surface area contributed by atoms with Crippen molar-refractivity contribution in [3.63, 3.8) is 0 Å². The molecule has 0 radical (unpaired) electrons. The molecule has 0 aliphatic heterocycles. The first kappa shape index (κ1) is 13.2. The van der Waals surface area contributed by atoms with E-state index in [-0.39, 0.29) is 5.75 Å². The van der Waals surface area contributed by atoms with Crippen molar-refractivity contribution >= 4 is 5.97 Å². The summed E-state index contributed by atoms with van der Waals surface area (Å²) >= 11 is 0. The molecule has 0 saturated heterocycles. The fraction of sp³-hybridized carbons (Fsp3) is 0.250. The van der Waals surface area contributed by atoms with E-state index in [1.165, 1.54) is 13.2 Å². The minimum atomic E-state index is -0.834. The second-order valence-electron chi connectivity index (χ2n) is 3.40. The van der Waals surface area contributed by atoms with Gasteiger partial charge in [0.05, 0.1) is 7.11 Å². The molecule has 0 fully saturated rings. The summed E-state index contributed by atoms with van der Waals surface area (Å²) < 4.78 is 17.7. The van der Waals surface area contributed by atoms with Crippen LogP contribution in [0, 0.1) is 5.82 Å². The Morgan fingerprint density at radius 1 is 1.65 bits per heavy atom. The van der Waals surface area contributed by atoms with Gasteiger partial charge in [-0.15, -0.1) is 6.58 Å². The highest BCUT2D eigenvalue weighted by Gasteiger charge is 2.21. The van der Waals surface area contributed by atoms with Gasteiger partial charge >= 0.3 is 5.97 Å². The lowest BCUT2D eigenvalue weighted by Gasteiger charge is -2.16. The highest BCUT2D eigenvalue weighted by molar-refractivity contribution is 5.77. The number of aromatic hydroxyl groups is 1. The maximum Gasteiger partial charge on any atom is 0.327 e. The molecule has 1 unspecified atom stereocenters. The predicted molar refractivity (Wildman–Crippen MR) is 61.0 cm³/mol. The van der Waals surface area contributed by atoms with Crippen molar-refractivity contribution in [3.8, 4) is 5.75 Å². The Kier molecular flexibility index (Phi) is 4.66. The number of rotatable bonds is 5. The van der Waals surface area contributed by atoms with E-state index in [1.807, 2.05) is 0 Å². The van der Waals surface area contributed by atoms with E-state index >= 15 is 0 Å². The van der Waals surface area contributed by atoms with Crippen LogP contribution in [0.1, 0.15) is 11.6 Å². The normalized spacial score (nSPS) is 11.9. The van der Waals surface area contributed by atoms with Gasteiger partial charge in [-0.05, 0) is 17.7 Å². The van der Waals surface area contributed by atoms with Crippen LogP contribution in [0.15, 0.2) is 30.9 Å². The summed E-state index contributed by atoms with van der Waals surface area (Å²) in [5.41, 5.74) is 0.302. The smallest absolute Gasteiger partial charge is 0.327 e. The molecule has 0 aliphatic rings. The van der Waals surface area contributed by atoms with Crippen molar-refractivity contribution < 1.29 is 19.0 Å². The Bertz CT molecular complexity index is 400. The van der Waals surface area contributed by atoms with E-state index in [4.69, 9.17) is 0 Å². The summed E-state index contributed by atoms with van der Waals surface area (Å²) in [4.78, 5) is 11.5. The fourth-order valence-corrected chi connectivity index (χ4v) is 1.42. The number of phenols is 1. The monoisotopic (exact) mass is 239 g/mol. The first-order valence-electron chi connectivity index (χ1n) is 5.00. The van der Waals surface area contributed by atoms with Crippen LogP contribution in [0.2, 0.25) is 0 Å². The summed E-state index contributed by atoms with van der Waals surface area (Å²) in [5, 5.41) is 12.1. The average Bonchev–Trinajstić information content (AvgIpc) is 2.28. The Balaban J connectivity index is 3.02. The van der Waals surface area contributed by atoms with Crippen LogP contribution < -0.4 is 5.32 Å². The van der Waals surface area contributed by atoms with E-state index in [0.29, 0.717) is 12.1 Å². The number of carbonyl (C=O) groups is 1. The quantitative estimate of drug-likeness (QED) is 0.604. The molecule has 1 aromatic carbocycles. The van der Waals surface area contributed by atoms with Gasteiger partial charge in [0.1, 0.15) is 17.6 Å². The highest BCUT2D eigenvalue weighted by Crippen LogP contribution is 2.21. The largest absolute Gasteiger partial charge is 0.508 e. The third-order valence-electron chi connectivity index (χ3n) is 2.14. The molecule has 2 N–H and O–H groups in total. The molecule has 1 atom stereocenters. The van der Waals surface area contributed by atoms with Gasteiger partial charge in [-0.3, -0.25) is 5.32 Å². The maximum absolute atomic E-state index is 13.1. The van der Waals surface area contributed by atoms with Crippen LogP contribution >= 0.6 is 0 Å². The number of esters is 1. The van der Waals surface area contributed by atoms with Crippen molar-refractivity contribution in [2.45, 2.75) is 6.04 Å². The van der Waals surface area contributed by atoms with E-state index in [2.05, 4.69) is 16.6 Å². The number of ether oxygens (including phenoxy) is 1. The molecule has 0 aromatic heterocycles. The van der Waals surface area contributed by atoms with Crippen molar-refractivity contribution in [2.24, 2.45) is 0 Å². The van der Waals surface area contributed by atoms with Crippen molar-refractivity contribution in [3.05, 3.63) is 42.2 Å². The molecular formula is C12H14FNO3. The molecule has 0 heterocycles. The molecular weight excluding hydrogens is 225 g/mol. The molecule has 0 amide bonds. The van der Waals surface area contributed by atoms with Gasteiger partial charge in [0.15, 0.2) is 0 Å². The van der Waals surface area contributed by atoms with Gasteiger partial charge in [-0.2, -0.15) is 0 Å². The zero-order chi connectivity index (χ0) is 12.8. The number of hydrogen-bond acceptors (Lipinski definition) is 4. The predicted octanol–water partition coefficient (Wildman–Crippen LogP) is 1.52. The zero-order valence-electron chi connectivity index (χ0n) is 9.44. The third kappa shape index (κ3) is 3.57. The van der Waals surface area contributed by atoms with Crippen LogP contribution in [-0.2, 0) is 9.53 Å². The van der Waals surface area contributed by atoms with Gasteiger partial charge in [-0.1, -0.05) is 6.08 Å². The number of benzene rings is 1. The molecule has 0 aliphatic carbocycles. The number of methoxy groups -OCH3 is 1. The average molecular weight is 239 g/mol. The van der Waals surface area contributed by atoms with Crippen molar-refractivity contribution in [2.75, 3.05) is 13.7 Å². The molecule has 0 spiro atoms. The van der Waals surface area contributed by atoms with Crippen LogP contribution in [0.3, 0.4) is 0 Å². The number of nitrogens with one attached hydrogen (secondary N) is 1. The Morgan fingerprint density at radius 2 is 2.35 bits per heavy atom. The number of halogens is 1. The van der Waals surface area contributed by atoms with Gasteiger partial charge in [0.2, 0.25) is 0 Å². The summed E-state index contributed by atoms with van der Waals surface area (Å²) in [5.74, 6) is -1.42. The first-order valence-corrected chi connectivity index (χ1v) is 5.00. The Labute approximate surface area is 98.7 Å². The zero-order valence-corrected chi connectivity index (χ0v) is 9.44. The topological polar surface area (TPSA) is 58.6 Å². The Hall–Kier alpha value is -1.88. The SMILES string of the molecule is C=CCNC(C(=O)OC)c1cc(O)cc(F)c1. The van der Waals surface area contributed by atoms with Crippen LogP contribution in [0.25, 0.3) is 0 Å². The Morgan fingerprint density at radius 3 is 2.88 bits per heavy atom. The van der Waals surface area contributed by atoms with E-state index in [9.17, 15) is 14.3 Å². The maximum atomic E-state index is 13.1. The molecule has 1 aromatic rings. The number of carbonyl (C=O) groups excluding carboxylic acids is 1. The standard InChI is InChI=1S/C12H14FNO3/c1-3-4-14-11(12(16)17-2)8-5-9(13)7-10(15)6-8/h3,5-7,11,14-15H,1,4H2,2H3. The lowest BCUT2D eigenvalue weighted by Crippen LogP contribution is -2.29. The van der Waals surface area contributed by atoms with Gasteiger partial charge < -0.3 is 9.84 Å². The van der Waals surface area contributed by atoms with E-state index in [1.54, 1.807) is 6.08 Å². The molecule has 4 nitrogen and oxygen atoms in total. The van der Waals surface area contributed by atoms with Gasteiger partial charge in [-0.25, -0.2) is 9.18 Å². The van der Waals surface area contributed by atoms with E-state index in [0.717, 1.165) is 12.1 Å².